The third-order valence-electron chi connectivity index (χ3n) is 2.66. The van der Waals surface area contributed by atoms with Gasteiger partial charge in [-0.05, 0) is 19.3 Å². The summed E-state index contributed by atoms with van der Waals surface area (Å²) in [5.41, 5.74) is 11.4. The van der Waals surface area contributed by atoms with Crippen LogP contribution in [0.3, 0.4) is 0 Å². The van der Waals surface area contributed by atoms with Gasteiger partial charge in [0.15, 0.2) is 0 Å². The van der Waals surface area contributed by atoms with Gasteiger partial charge < -0.3 is 15.8 Å². The van der Waals surface area contributed by atoms with Gasteiger partial charge >= 0.3 is 5.95 Å². The smallest absolute Gasteiger partial charge is 0.391 e. The highest BCUT2D eigenvalue weighted by molar-refractivity contribution is 5.40. The molecule has 1 atom stereocenters. The Hall–Kier alpha value is -1.56. The molecule has 1 aliphatic rings. The summed E-state index contributed by atoms with van der Waals surface area (Å²) >= 11 is 0. The van der Waals surface area contributed by atoms with Crippen molar-refractivity contribution in [2.45, 2.75) is 25.4 Å². The Labute approximate surface area is 88.1 Å². The van der Waals surface area contributed by atoms with Crippen LogP contribution in [0, 0.1) is 5.21 Å². The normalized spacial score (nSPS) is 21.7. The summed E-state index contributed by atoms with van der Waals surface area (Å²) in [6, 6.07) is 1.65. The number of nitrogens with zero attached hydrogens (tertiary/aromatic N) is 3. The summed E-state index contributed by atoms with van der Waals surface area (Å²) in [4.78, 5) is 6.01. The van der Waals surface area contributed by atoms with Crippen molar-refractivity contribution in [1.29, 1.82) is 0 Å². The van der Waals surface area contributed by atoms with E-state index >= 15 is 0 Å². The molecule has 1 saturated heterocycles. The Morgan fingerprint density at radius 1 is 1.53 bits per heavy atom. The van der Waals surface area contributed by atoms with Gasteiger partial charge in [0.25, 0.3) is 0 Å². The van der Waals surface area contributed by atoms with Gasteiger partial charge in [-0.1, -0.05) is 4.98 Å². The lowest BCUT2D eigenvalue weighted by Crippen LogP contribution is -2.46. The monoisotopic (exact) mass is 209 g/mol. The van der Waals surface area contributed by atoms with Gasteiger partial charge in [0.05, 0.1) is 12.4 Å². The molecule has 1 aromatic heterocycles. The van der Waals surface area contributed by atoms with Crippen molar-refractivity contribution in [3.05, 3.63) is 17.5 Å². The number of piperidine rings is 1. The van der Waals surface area contributed by atoms with Crippen molar-refractivity contribution < 1.29 is 4.73 Å². The van der Waals surface area contributed by atoms with E-state index in [0.29, 0.717) is 10.5 Å². The van der Waals surface area contributed by atoms with Crippen LogP contribution in [-0.2, 0) is 0 Å². The van der Waals surface area contributed by atoms with E-state index in [-0.39, 0.29) is 12.1 Å². The summed E-state index contributed by atoms with van der Waals surface area (Å²) in [6.45, 7) is 0.872. The molecule has 0 amide bonds. The third-order valence-corrected chi connectivity index (χ3v) is 2.66. The average Bonchev–Trinajstić information content (AvgIpc) is 2.23. The van der Waals surface area contributed by atoms with Crippen LogP contribution in [0.1, 0.15) is 19.3 Å². The zero-order chi connectivity index (χ0) is 10.8. The van der Waals surface area contributed by atoms with Crippen molar-refractivity contribution in [3.63, 3.8) is 0 Å². The van der Waals surface area contributed by atoms with Gasteiger partial charge in [-0.3, -0.25) is 5.73 Å². The van der Waals surface area contributed by atoms with Crippen LogP contribution >= 0.6 is 0 Å². The molecular weight excluding hydrogens is 194 g/mol. The Morgan fingerprint density at radius 2 is 2.33 bits per heavy atom. The van der Waals surface area contributed by atoms with Gasteiger partial charge in [-0.25, -0.2) is 4.73 Å². The zero-order valence-corrected chi connectivity index (χ0v) is 8.47. The van der Waals surface area contributed by atoms with Crippen molar-refractivity contribution in [1.82, 2.24) is 4.98 Å². The van der Waals surface area contributed by atoms with Gasteiger partial charge in [-0.2, -0.15) is 0 Å². The predicted octanol–water partition coefficient (Wildman–Crippen LogP) is -0.428. The third kappa shape index (κ3) is 1.94. The van der Waals surface area contributed by atoms with Crippen LogP contribution < -0.4 is 21.1 Å². The summed E-state index contributed by atoms with van der Waals surface area (Å²) in [6.07, 6.45) is 4.53. The molecule has 1 aromatic rings. The lowest BCUT2D eigenvalue weighted by molar-refractivity contribution is -0.592. The largest absolute Gasteiger partial charge is 0.740 e. The number of aromatic nitrogens is 2. The first-order valence-corrected chi connectivity index (χ1v) is 5.06. The predicted molar refractivity (Wildman–Crippen MR) is 56.8 cm³/mol. The van der Waals surface area contributed by atoms with Gasteiger partial charge in [0.2, 0.25) is 5.82 Å². The Morgan fingerprint density at radius 3 is 3.00 bits per heavy atom. The minimum absolute atomic E-state index is 0.0202. The van der Waals surface area contributed by atoms with Crippen molar-refractivity contribution in [2.24, 2.45) is 5.73 Å². The number of hydrogen-bond donors (Lipinski definition) is 2. The second kappa shape index (κ2) is 3.90. The fourth-order valence-corrected chi connectivity index (χ4v) is 1.82. The minimum Gasteiger partial charge on any atom is -0.740 e. The SMILES string of the molecule is Nc1nc(N2CCCCC2N)cc[n+]1[O-]. The van der Waals surface area contributed by atoms with Gasteiger partial charge in [0.1, 0.15) is 0 Å². The van der Waals surface area contributed by atoms with Gasteiger partial charge in [0, 0.05) is 12.6 Å². The average molecular weight is 209 g/mol. The highest BCUT2D eigenvalue weighted by atomic mass is 16.5. The highest BCUT2D eigenvalue weighted by Gasteiger charge is 2.22. The van der Waals surface area contributed by atoms with E-state index in [1.54, 1.807) is 6.07 Å². The number of anilines is 2. The van der Waals surface area contributed by atoms with Crippen LogP contribution in [0.2, 0.25) is 0 Å². The summed E-state index contributed by atoms with van der Waals surface area (Å²) in [5, 5.41) is 11.0. The summed E-state index contributed by atoms with van der Waals surface area (Å²) in [5.74, 6) is 0.650. The molecule has 6 heteroatoms. The first-order valence-electron chi connectivity index (χ1n) is 5.06. The van der Waals surface area contributed by atoms with Crippen molar-refractivity contribution in [3.8, 4) is 0 Å². The molecule has 6 nitrogen and oxygen atoms in total. The molecule has 15 heavy (non-hydrogen) atoms. The van der Waals surface area contributed by atoms with Crippen LogP contribution in [0.4, 0.5) is 11.8 Å². The lowest BCUT2D eigenvalue weighted by atomic mass is 10.1. The first-order chi connectivity index (χ1) is 7.18. The quantitative estimate of drug-likeness (QED) is 0.483. The second-order valence-electron chi connectivity index (χ2n) is 3.73. The fourth-order valence-electron chi connectivity index (χ4n) is 1.82. The van der Waals surface area contributed by atoms with E-state index < -0.39 is 0 Å². The molecule has 0 spiro atoms. The maximum atomic E-state index is 11.0. The molecule has 0 saturated carbocycles. The Kier molecular flexibility index (Phi) is 2.59. The van der Waals surface area contributed by atoms with E-state index in [2.05, 4.69) is 4.98 Å². The minimum atomic E-state index is -0.0368. The van der Waals surface area contributed by atoms with Crippen LogP contribution in [-0.4, -0.2) is 17.7 Å². The van der Waals surface area contributed by atoms with E-state index in [1.807, 2.05) is 4.90 Å². The van der Waals surface area contributed by atoms with Crippen molar-refractivity contribution >= 4 is 11.8 Å². The van der Waals surface area contributed by atoms with Crippen LogP contribution in [0.25, 0.3) is 0 Å². The molecule has 0 radical (unpaired) electrons. The number of hydrogen-bond acceptors (Lipinski definition) is 5. The molecule has 82 valence electrons. The molecule has 1 aliphatic heterocycles. The van der Waals surface area contributed by atoms with E-state index in [0.717, 1.165) is 25.8 Å². The topological polar surface area (TPSA) is 95.1 Å². The number of rotatable bonds is 1. The molecule has 4 N–H and O–H groups in total. The van der Waals surface area contributed by atoms with E-state index in [4.69, 9.17) is 11.5 Å². The Bertz CT molecular complexity index is 356. The molecule has 1 fully saturated rings. The molecule has 0 aliphatic carbocycles. The molecule has 0 bridgehead atoms. The van der Waals surface area contributed by atoms with Crippen molar-refractivity contribution in [2.75, 3.05) is 17.2 Å². The molecule has 0 aromatic carbocycles. The van der Waals surface area contributed by atoms with E-state index in [9.17, 15) is 5.21 Å². The lowest BCUT2D eigenvalue weighted by Gasteiger charge is -2.32. The molecular formula is C9H15N5O. The number of nitrogens with two attached hydrogens (primary N) is 2. The molecule has 2 rings (SSSR count). The van der Waals surface area contributed by atoms with Gasteiger partial charge in [-0.15, -0.1) is 0 Å². The zero-order valence-electron chi connectivity index (χ0n) is 8.47. The summed E-state index contributed by atoms with van der Waals surface area (Å²) in [7, 11) is 0. The van der Waals surface area contributed by atoms with E-state index in [1.165, 1.54) is 6.20 Å². The maximum Gasteiger partial charge on any atom is 0.391 e. The second-order valence-corrected chi connectivity index (χ2v) is 3.73. The number of nitrogen functional groups attached to an aromatic ring is 1. The highest BCUT2D eigenvalue weighted by Crippen LogP contribution is 2.19. The maximum absolute atomic E-state index is 11.0. The fraction of sp³-hybridized carbons (Fsp3) is 0.556. The van der Waals surface area contributed by atoms with Crippen LogP contribution in [0.5, 0.6) is 0 Å². The molecule has 1 unspecified atom stereocenters. The summed E-state index contributed by atoms with van der Waals surface area (Å²) < 4.78 is 0.541. The molecule has 2 heterocycles. The Balaban J connectivity index is 2.24. The standard InChI is InChI=1S/C9H15N5O/c10-7-3-1-2-5-13(7)8-4-6-14(15)9(11)12-8/h4,6-7H,1-3,5,10H2,(H2,11,12). The van der Waals surface area contributed by atoms with Crippen LogP contribution in [0.15, 0.2) is 12.3 Å². The first kappa shape index (κ1) is 9.97.